The van der Waals surface area contributed by atoms with Gasteiger partial charge in [-0.05, 0) is 60.7 Å². The molecular weight excluding hydrogens is 504 g/mol. The van der Waals surface area contributed by atoms with Crippen molar-refractivity contribution in [3.8, 4) is 5.75 Å². The van der Waals surface area contributed by atoms with Crippen molar-refractivity contribution in [2.24, 2.45) is 5.41 Å². The Bertz CT molecular complexity index is 1190. The number of rotatable bonds is 9. The number of amides is 2. The van der Waals surface area contributed by atoms with Crippen molar-refractivity contribution in [2.45, 2.75) is 64.5 Å². The van der Waals surface area contributed by atoms with Gasteiger partial charge in [0, 0.05) is 49.3 Å². The summed E-state index contributed by atoms with van der Waals surface area (Å²) in [5.74, 6) is -0.229. The smallest absolute Gasteiger partial charge is 0.339 e. The van der Waals surface area contributed by atoms with E-state index in [0.717, 1.165) is 12.8 Å². The second-order valence-electron chi connectivity index (χ2n) is 10.1. The van der Waals surface area contributed by atoms with Crippen LogP contribution < -0.4 is 9.50 Å². The zero-order valence-electron chi connectivity index (χ0n) is 21.0. The molecule has 0 aliphatic carbocycles. The number of carbonyl (C=O) groups excluding carboxylic acids is 2. The largest absolute Gasteiger partial charge is 0.379 e. The van der Waals surface area contributed by atoms with Crippen molar-refractivity contribution < 1.29 is 26.9 Å². The summed E-state index contributed by atoms with van der Waals surface area (Å²) in [5.41, 5.74) is 0.726. The summed E-state index contributed by atoms with van der Waals surface area (Å²) >= 11 is 6.24. The van der Waals surface area contributed by atoms with Crippen LogP contribution in [-0.4, -0.2) is 44.4 Å². The molecule has 1 fully saturated rings. The molecule has 8 nitrogen and oxygen atoms in total. The minimum absolute atomic E-state index is 0.0552. The number of hydrogen-bond acceptors (Lipinski definition) is 6. The van der Waals surface area contributed by atoms with Gasteiger partial charge >= 0.3 is 10.1 Å². The number of nitrogens with zero attached hydrogens (tertiary/aromatic N) is 1. The molecule has 2 amide bonds. The van der Waals surface area contributed by atoms with Crippen LogP contribution in [0, 0.1) is 5.41 Å². The fourth-order valence-electron chi connectivity index (χ4n) is 3.89. The van der Waals surface area contributed by atoms with E-state index >= 15 is 0 Å². The molecule has 1 N–H and O–H groups in total. The van der Waals surface area contributed by atoms with Gasteiger partial charge in [-0.3, -0.25) is 9.59 Å². The first-order chi connectivity index (χ1) is 16.8. The Morgan fingerprint density at radius 1 is 1.17 bits per heavy atom. The molecule has 36 heavy (non-hydrogen) atoms. The van der Waals surface area contributed by atoms with Crippen molar-refractivity contribution in [1.82, 2.24) is 4.90 Å². The van der Waals surface area contributed by atoms with Gasteiger partial charge in [0.15, 0.2) is 0 Å². The summed E-state index contributed by atoms with van der Waals surface area (Å²) < 4.78 is 37.3. The maximum atomic E-state index is 13.2. The quantitative estimate of drug-likeness (QED) is 0.452. The third kappa shape index (κ3) is 8.21. The van der Waals surface area contributed by atoms with Crippen LogP contribution in [0.4, 0.5) is 5.69 Å². The maximum Gasteiger partial charge on any atom is 0.339 e. The summed E-state index contributed by atoms with van der Waals surface area (Å²) in [6.07, 6.45) is 2.07. The highest BCUT2D eigenvalue weighted by molar-refractivity contribution is 7.87. The van der Waals surface area contributed by atoms with E-state index in [0.29, 0.717) is 35.8 Å². The summed E-state index contributed by atoms with van der Waals surface area (Å²) in [7, 11) is -4.19. The minimum Gasteiger partial charge on any atom is -0.379 e. The average molecular weight is 537 g/mol. The van der Waals surface area contributed by atoms with Crippen LogP contribution in [0.5, 0.6) is 5.75 Å². The monoisotopic (exact) mass is 536 g/mol. The Morgan fingerprint density at radius 2 is 1.86 bits per heavy atom. The summed E-state index contributed by atoms with van der Waals surface area (Å²) in [5, 5.41) is 2.99. The molecular formula is C26H33ClN2O6S. The first-order valence-corrected chi connectivity index (χ1v) is 13.6. The van der Waals surface area contributed by atoms with Crippen LogP contribution in [-0.2, 0) is 31.0 Å². The van der Waals surface area contributed by atoms with Gasteiger partial charge in [-0.15, -0.1) is 0 Å². The van der Waals surface area contributed by atoms with Crippen LogP contribution in [0.25, 0.3) is 0 Å². The average Bonchev–Trinajstić information content (AvgIpc) is 3.27. The van der Waals surface area contributed by atoms with Gasteiger partial charge in [0.25, 0.3) is 0 Å². The molecule has 2 aromatic carbocycles. The lowest BCUT2D eigenvalue weighted by Crippen LogP contribution is -2.38. The summed E-state index contributed by atoms with van der Waals surface area (Å²) in [4.78, 5) is 26.0. The molecule has 1 atom stereocenters. The first-order valence-electron chi connectivity index (χ1n) is 11.8. The van der Waals surface area contributed by atoms with Crippen LogP contribution in [0.2, 0.25) is 5.02 Å². The van der Waals surface area contributed by atoms with Crippen molar-refractivity contribution in [3.05, 3.63) is 53.1 Å². The molecule has 1 unspecified atom stereocenters. The van der Waals surface area contributed by atoms with Crippen molar-refractivity contribution >= 4 is 39.2 Å². The predicted octanol–water partition coefficient (Wildman–Crippen LogP) is 5.01. The van der Waals surface area contributed by atoms with E-state index in [-0.39, 0.29) is 40.5 Å². The molecule has 0 radical (unpaired) electrons. The van der Waals surface area contributed by atoms with Gasteiger partial charge < -0.3 is 19.1 Å². The van der Waals surface area contributed by atoms with Crippen molar-refractivity contribution in [3.63, 3.8) is 0 Å². The minimum atomic E-state index is -4.19. The van der Waals surface area contributed by atoms with E-state index in [2.05, 4.69) is 5.32 Å². The first kappa shape index (κ1) is 28.0. The van der Waals surface area contributed by atoms with Crippen LogP contribution in [0.1, 0.15) is 52.5 Å². The SMILES string of the molecule is CC(=O)Nc1ccc(S(=O)(=O)Oc2ccc(Cl)cc2CN(CC2CCCO2)C(=O)CC(C)(C)C)cc1. The molecule has 196 valence electrons. The number of hydrogen-bond donors (Lipinski definition) is 1. The summed E-state index contributed by atoms with van der Waals surface area (Å²) in [6, 6.07) is 10.3. The molecule has 0 spiro atoms. The van der Waals surface area contributed by atoms with E-state index in [4.69, 9.17) is 20.5 Å². The third-order valence-corrected chi connectivity index (χ3v) is 7.01. The molecule has 1 aliphatic rings. The molecule has 2 aromatic rings. The van der Waals surface area contributed by atoms with Gasteiger partial charge in [0.1, 0.15) is 10.6 Å². The third-order valence-electron chi connectivity index (χ3n) is 5.53. The Labute approximate surface area is 218 Å². The molecule has 0 bridgehead atoms. The highest BCUT2D eigenvalue weighted by atomic mass is 35.5. The van der Waals surface area contributed by atoms with Gasteiger partial charge in [-0.1, -0.05) is 32.4 Å². The van der Waals surface area contributed by atoms with E-state index in [9.17, 15) is 18.0 Å². The highest BCUT2D eigenvalue weighted by Gasteiger charge is 2.27. The number of benzene rings is 2. The van der Waals surface area contributed by atoms with Gasteiger partial charge in [0.2, 0.25) is 11.8 Å². The van der Waals surface area contributed by atoms with E-state index < -0.39 is 10.1 Å². The standard InChI is InChI=1S/C26H33ClN2O6S/c1-18(30)28-21-8-10-23(11-9-21)36(32,33)35-24-12-7-20(27)14-19(24)16-29(17-22-6-5-13-34-22)25(31)15-26(2,3)4/h7-12,14,22H,5-6,13,15-17H2,1-4H3,(H,28,30). The molecule has 1 aliphatic heterocycles. The van der Waals surface area contributed by atoms with Gasteiger partial charge in [-0.2, -0.15) is 8.42 Å². The van der Waals surface area contributed by atoms with Crippen molar-refractivity contribution in [1.29, 1.82) is 0 Å². The number of nitrogens with one attached hydrogen (secondary N) is 1. The zero-order valence-corrected chi connectivity index (χ0v) is 22.6. The Balaban J connectivity index is 1.86. The van der Waals surface area contributed by atoms with E-state index in [1.807, 2.05) is 20.8 Å². The lowest BCUT2D eigenvalue weighted by molar-refractivity contribution is -0.135. The van der Waals surface area contributed by atoms with E-state index in [1.54, 1.807) is 11.0 Å². The van der Waals surface area contributed by atoms with Crippen LogP contribution in [0.3, 0.4) is 0 Å². The molecule has 0 saturated carbocycles. The van der Waals surface area contributed by atoms with Gasteiger partial charge in [-0.25, -0.2) is 0 Å². The normalized spacial score (nSPS) is 16.0. The van der Waals surface area contributed by atoms with Gasteiger partial charge in [0.05, 0.1) is 6.10 Å². The number of halogens is 1. The lowest BCUT2D eigenvalue weighted by atomic mass is 9.91. The molecule has 1 heterocycles. The fourth-order valence-corrected chi connectivity index (χ4v) is 5.05. The number of anilines is 1. The zero-order chi connectivity index (χ0) is 26.5. The lowest BCUT2D eigenvalue weighted by Gasteiger charge is -2.29. The number of ether oxygens (including phenoxy) is 1. The molecule has 3 rings (SSSR count). The predicted molar refractivity (Wildman–Crippen MR) is 138 cm³/mol. The Kier molecular flexibility index (Phi) is 9.03. The molecule has 0 aromatic heterocycles. The van der Waals surface area contributed by atoms with Crippen LogP contribution in [0.15, 0.2) is 47.4 Å². The second-order valence-corrected chi connectivity index (χ2v) is 12.1. The number of carbonyl (C=O) groups is 2. The Hall–Kier alpha value is -2.62. The second kappa shape index (κ2) is 11.6. The summed E-state index contributed by atoms with van der Waals surface area (Å²) in [6.45, 7) is 8.53. The van der Waals surface area contributed by atoms with Crippen LogP contribution >= 0.6 is 11.6 Å². The topological polar surface area (TPSA) is 102 Å². The molecule has 10 heteroatoms. The maximum absolute atomic E-state index is 13.2. The fraction of sp³-hybridized carbons (Fsp3) is 0.462. The Morgan fingerprint density at radius 3 is 2.44 bits per heavy atom. The molecule has 1 saturated heterocycles. The van der Waals surface area contributed by atoms with E-state index in [1.165, 1.54) is 43.3 Å². The highest BCUT2D eigenvalue weighted by Crippen LogP contribution is 2.30. The van der Waals surface area contributed by atoms with Crippen molar-refractivity contribution in [2.75, 3.05) is 18.5 Å².